The molecule has 0 saturated heterocycles. The smallest absolute Gasteiger partial charge is 0.269 e. The largest absolute Gasteiger partial charge is 0.372 e. The molecule has 0 fully saturated rings. The second kappa shape index (κ2) is 23.4. The molecule has 0 radical (unpaired) electrons. The summed E-state index contributed by atoms with van der Waals surface area (Å²) in [7, 11) is 0. The lowest BCUT2D eigenvalue weighted by molar-refractivity contribution is -0.385. The van der Waals surface area contributed by atoms with Crippen LogP contribution >= 0.6 is 45.9 Å². The first-order chi connectivity index (χ1) is 30.9. The lowest BCUT2D eigenvalue weighted by Gasteiger charge is -2.20. The van der Waals surface area contributed by atoms with Crippen LogP contribution in [0.1, 0.15) is 59.7 Å². The van der Waals surface area contributed by atoms with Crippen molar-refractivity contribution >= 4 is 114 Å². The maximum Gasteiger partial charge on any atom is 0.269 e. The fraction of sp³-hybridized carbons (Fsp3) is 0.174. The standard InChI is InChI=1S/2C23H20ClN5O2S/c2*1-3-28(4-2)18-12-8-17(9-13-18)26-27-23-20(15-25)22(24)21(32-23)14-7-16-5-10-19(11-6-16)29(30)31/h2*5-14H,3-4H2,1-2H3/b2*14-7+,27-26?. The number of nitro groups is 2. The number of rotatable bonds is 16. The molecule has 0 atom stereocenters. The van der Waals surface area contributed by atoms with Crippen LogP contribution in [0.15, 0.2) is 118 Å². The van der Waals surface area contributed by atoms with Crippen molar-refractivity contribution in [2.75, 3.05) is 36.0 Å². The number of azo groups is 2. The molecule has 0 unspecified atom stereocenters. The van der Waals surface area contributed by atoms with E-state index in [-0.39, 0.29) is 22.5 Å². The van der Waals surface area contributed by atoms with Crippen molar-refractivity contribution in [1.82, 2.24) is 0 Å². The van der Waals surface area contributed by atoms with Crippen LogP contribution in [0.2, 0.25) is 10.0 Å². The molecular weight excluding hydrogens is 892 g/mol. The summed E-state index contributed by atoms with van der Waals surface area (Å²) in [6.45, 7) is 12.1. The highest BCUT2D eigenvalue weighted by Crippen LogP contribution is 2.42. The van der Waals surface area contributed by atoms with Crippen LogP contribution in [0.3, 0.4) is 0 Å². The number of nitriles is 2. The first-order valence-corrected chi connectivity index (χ1v) is 22.1. The fourth-order valence-corrected chi connectivity index (χ4v) is 8.45. The molecule has 2 aromatic heterocycles. The molecule has 0 aliphatic rings. The van der Waals surface area contributed by atoms with E-state index in [4.69, 9.17) is 23.2 Å². The summed E-state index contributed by atoms with van der Waals surface area (Å²) in [5.41, 5.74) is 5.72. The topological polar surface area (TPSA) is 190 Å². The van der Waals surface area contributed by atoms with Crippen LogP contribution < -0.4 is 9.80 Å². The van der Waals surface area contributed by atoms with Crippen molar-refractivity contribution in [1.29, 1.82) is 10.5 Å². The Bertz CT molecular complexity index is 2570. The first kappa shape index (κ1) is 48.0. The fourth-order valence-electron chi connectivity index (χ4n) is 5.99. The van der Waals surface area contributed by atoms with Crippen molar-refractivity contribution < 1.29 is 9.85 Å². The Morgan fingerprint density at radius 2 is 0.875 bits per heavy atom. The number of halogens is 2. The van der Waals surface area contributed by atoms with Crippen molar-refractivity contribution in [3.63, 3.8) is 0 Å². The predicted molar refractivity (Wildman–Crippen MR) is 260 cm³/mol. The Balaban J connectivity index is 0.000000241. The van der Waals surface area contributed by atoms with E-state index in [1.807, 2.05) is 48.5 Å². The van der Waals surface area contributed by atoms with Crippen LogP contribution in [-0.2, 0) is 0 Å². The van der Waals surface area contributed by atoms with Gasteiger partial charge in [0.25, 0.3) is 11.4 Å². The maximum absolute atomic E-state index is 10.8. The van der Waals surface area contributed by atoms with E-state index in [9.17, 15) is 30.8 Å². The number of thiophene rings is 2. The second-order valence-electron chi connectivity index (χ2n) is 13.3. The molecule has 0 amide bonds. The average molecular weight is 932 g/mol. The minimum absolute atomic E-state index is 0.0240. The highest BCUT2D eigenvalue weighted by molar-refractivity contribution is 7.18. The molecule has 14 nitrogen and oxygen atoms in total. The van der Waals surface area contributed by atoms with Crippen LogP contribution in [0.25, 0.3) is 24.3 Å². The Morgan fingerprint density at radius 3 is 1.16 bits per heavy atom. The lowest BCUT2D eigenvalue weighted by atomic mass is 10.2. The van der Waals surface area contributed by atoms with Gasteiger partial charge in [0.2, 0.25) is 0 Å². The minimum Gasteiger partial charge on any atom is -0.372 e. The van der Waals surface area contributed by atoms with E-state index < -0.39 is 9.85 Å². The Morgan fingerprint density at radius 1 is 0.547 bits per heavy atom. The molecule has 0 saturated carbocycles. The van der Waals surface area contributed by atoms with Gasteiger partial charge in [-0.25, -0.2) is 0 Å². The van der Waals surface area contributed by atoms with Crippen LogP contribution in [0.5, 0.6) is 0 Å². The monoisotopic (exact) mass is 930 g/mol. The van der Waals surface area contributed by atoms with Crippen molar-refractivity contribution in [2.45, 2.75) is 27.7 Å². The van der Waals surface area contributed by atoms with Gasteiger partial charge in [0.05, 0.1) is 31.3 Å². The average Bonchev–Trinajstić information content (AvgIpc) is 3.80. The zero-order chi connectivity index (χ0) is 46.2. The van der Waals surface area contributed by atoms with Gasteiger partial charge in [-0.3, -0.25) is 20.2 Å². The molecule has 4 aromatic carbocycles. The number of non-ortho nitro benzene ring substituents is 2. The number of nitro benzene ring substituents is 2. The molecule has 2 heterocycles. The number of benzene rings is 4. The van der Waals surface area contributed by atoms with E-state index in [1.165, 1.54) is 46.9 Å². The Hall–Kier alpha value is -7.08. The molecule has 0 aliphatic carbocycles. The molecule has 18 heteroatoms. The number of anilines is 2. The number of hydrogen-bond donors (Lipinski definition) is 0. The summed E-state index contributed by atoms with van der Waals surface area (Å²) >= 11 is 15.3. The number of hydrogen-bond acceptors (Lipinski definition) is 14. The van der Waals surface area contributed by atoms with Crippen molar-refractivity contribution in [3.8, 4) is 12.1 Å². The van der Waals surface area contributed by atoms with Gasteiger partial charge in [-0.1, -0.05) is 35.4 Å². The zero-order valence-electron chi connectivity index (χ0n) is 35.1. The molecule has 324 valence electrons. The highest BCUT2D eigenvalue weighted by atomic mass is 35.5. The van der Waals surface area contributed by atoms with Gasteiger partial charge in [-0.05, 0) is 124 Å². The minimum atomic E-state index is -0.447. The molecule has 6 rings (SSSR count). The normalized spacial score (nSPS) is 11.2. The number of nitrogens with zero attached hydrogens (tertiary/aromatic N) is 10. The summed E-state index contributed by atoms with van der Waals surface area (Å²) in [4.78, 5) is 26.4. The molecule has 0 N–H and O–H groups in total. The van der Waals surface area contributed by atoms with Gasteiger partial charge in [0.15, 0.2) is 10.0 Å². The van der Waals surface area contributed by atoms with E-state index in [0.29, 0.717) is 41.2 Å². The second-order valence-corrected chi connectivity index (χ2v) is 16.1. The summed E-state index contributed by atoms with van der Waals surface area (Å²) < 4.78 is 0. The summed E-state index contributed by atoms with van der Waals surface area (Å²) in [5, 5.41) is 59.0. The van der Waals surface area contributed by atoms with E-state index in [0.717, 1.165) is 48.7 Å². The molecular formula is C46H40Cl2N10O4S2. The van der Waals surface area contributed by atoms with Crippen molar-refractivity contribution in [3.05, 3.63) is 159 Å². The van der Waals surface area contributed by atoms with E-state index >= 15 is 0 Å². The third-order valence-electron chi connectivity index (χ3n) is 9.47. The summed E-state index contributed by atoms with van der Waals surface area (Å²) in [6, 6.07) is 32.0. The van der Waals surface area contributed by atoms with Crippen LogP contribution in [-0.4, -0.2) is 36.0 Å². The van der Waals surface area contributed by atoms with E-state index in [1.54, 1.807) is 48.6 Å². The molecule has 6 aromatic rings. The third kappa shape index (κ3) is 12.5. The molecule has 0 aliphatic heterocycles. The SMILES string of the molecule is CCN(CC)c1ccc(N=Nc2sc(/C=C/c3ccc([N+](=O)[O-])cc3)c(Cl)c2C#N)cc1.CCN(CC)c1ccc(N=Nc2sc(/C=C/c3ccc([N+](=O)[O-])cc3)c(Cl)c2C#N)cc1. The van der Waals surface area contributed by atoms with Gasteiger partial charge in [0, 0.05) is 71.6 Å². The first-order valence-electron chi connectivity index (χ1n) is 19.8. The zero-order valence-corrected chi connectivity index (χ0v) is 38.2. The molecule has 0 bridgehead atoms. The summed E-state index contributed by atoms with van der Waals surface area (Å²) in [6.07, 6.45) is 7.06. The van der Waals surface area contributed by atoms with Gasteiger partial charge in [-0.15, -0.1) is 43.1 Å². The Kier molecular flexibility index (Phi) is 17.5. The lowest BCUT2D eigenvalue weighted by Crippen LogP contribution is -2.21. The highest BCUT2D eigenvalue weighted by Gasteiger charge is 2.17. The van der Waals surface area contributed by atoms with Gasteiger partial charge in [-0.2, -0.15) is 10.5 Å². The van der Waals surface area contributed by atoms with Crippen LogP contribution in [0, 0.1) is 42.9 Å². The van der Waals surface area contributed by atoms with Gasteiger partial charge >= 0.3 is 0 Å². The van der Waals surface area contributed by atoms with Gasteiger partial charge < -0.3 is 9.80 Å². The summed E-state index contributed by atoms with van der Waals surface area (Å²) in [5.74, 6) is 0. The molecule has 0 spiro atoms. The van der Waals surface area contributed by atoms with Crippen LogP contribution in [0.4, 0.5) is 44.1 Å². The third-order valence-corrected chi connectivity index (χ3v) is 12.6. The van der Waals surface area contributed by atoms with Gasteiger partial charge in [0.1, 0.15) is 23.3 Å². The predicted octanol–water partition coefficient (Wildman–Crippen LogP) is 15.2. The maximum atomic E-state index is 10.8. The van der Waals surface area contributed by atoms with E-state index in [2.05, 4.69) is 70.1 Å². The quantitative estimate of drug-likeness (QED) is 0.0520. The molecule has 64 heavy (non-hydrogen) atoms. The Labute approximate surface area is 388 Å². The van der Waals surface area contributed by atoms with Crippen molar-refractivity contribution in [2.24, 2.45) is 20.5 Å².